The number of hydrogen-bond donors (Lipinski definition) is 1. The Bertz CT molecular complexity index is 419. The minimum Gasteiger partial charge on any atom is -0.469 e. The summed E-state index contributed by atoms with van der Waals surface area (Å²) in [5.41, 5.74) is 0. The van der Waals surface area contributed by atoms with Gasteiger partial charge in [0.15, 0.2) is 0 Å². The molecule has 0 heterocycles. The molecule has 1 aliphatic rings. The third-order valence-electron chi connectivity index (χ3n) is 4.70. The molecule has 0 aromatic heterocycles. The number of carbonyl (C=O) groups is 3. The lowest BCUT2D eigenvalue weighted by atomic mass is 9.86. The fourth-order valence-electron chi connectivity index (χ4n) is 3.25. The van der Waals surface area contributed by atoms with Gasteiger partial charge in [-0.05, 0) is 12.3 Å². The minimum atomic E-state index is -0.369. The number of hydrogen-bond acceptors (Lipinski definition) is 4. The monoisotopic (exact) mass is 340 g/mol. The van der Waals surface area contributed by atoms with Crippen LogP contribution in [0.3, 0.4) is 0 Å². The average Bonchev–Trinajstić information content (AvgIpc) is 2.58. The predicted octanol–water partition coefficient (Wildman–Crippen LogP) is 2.12. The summed E-state index contributed by atoms with van der Waals surface area (Å²) in [4.78, 5) is 36.9. The van der Waals surface area contributed by atoms with E-state index in [2.05, 4.69) is 5.32 Å². The maximum Gasteiger partial charge on any atom is 0.310 e. The van der Waals surface area contributed by atoms with Crippen molar-refractivity contribution in [1.82, 2.24) is 10.2 Å². The standard InChI is InChI=1S/C18H32N2O4/c1-14(18(23)24-3)13-20(12-11-19-15(2)21)17(22)10-9-16-7-5-4-6-8-16/h14,16H,4-13H2,1-3H3,(H,19,21). The van der Waals surface area contributed by atoms with Crippen LogP contribution >= 0.6 is 0 Å². The van der Waals surface area contributed by atoms with Crippen LogP contribution in [0.4, 0.5) is 0 Å². The van der Waals surface area contributed by atoms with Gasteiger partial charge in [-0.1, -0.05) is 39.0 Å². The molecule has 1 fully saturated rings. The van der Waals surface area contributed by atoms with Crippen molar-refractivity contribution in [3.8, 4) is 0 Å². The molecule has 138 valence electrons. The van der Waals surface area contributed by atoms with E-state index in [1.807, 2.05) is 0 Å². The van der Waals surface area contributed by atoms with Crippen LogP contribution < -0.4 is 5.32 Å². The van der Waals surface area contributed by atoms with Crippen molar-refractivity contribution >= 4 is 17.8 Å². The molecule has 1 saturated carbocycles. The maximum absolute atomic E-state index is 12.6. The summed E-state index contributed by atoms with van der Waals surface area (Å²) in [6.45, 7) is 4.36. The third kappa shape index (κ3) is 7.79. The molecule has 24 heavy (non-hydrogen) atoms. The topological polar surface area (TPSA) is 75.7 Å². The Morgan fingerprint density at radius 1 is 1.21 bits per heavy atom. The molecule has 1 N–H and O–H groups in total. The fourth-order valence-corrected chi connectivity index (χ4v) is 3.25. The van der Waals surface area contributed by atoms with Crippen molar-refractivity contribution in [1.29, 1.82) is 0 Å². The largest absolute Gasteiger partial charge is 0.469 e. The molecule has 0 spiro atoms. The summed E-state index contributed by atoms with van der Waals surface area (Å²) in [6, 6.07) is 0. The molecule has 6 heteroatoms. The van der Waals surface area contributed by atoms with Gasteiger partial charge in [-0.3, -0.25) is 14.4 Å². The van der Waals surface area contributed by atoms with E-state index < -0.39 is 0 Å². The molecule has 2 amide bonds. The van der Waals surface area contributed by atoms with E-state index in [-0.39, 0.29) is 23.7 Å². The Hall–Kier alpha value is -1.59. The Morgan fingerprint density at radius 2 is 1.88 bits per heavy atom. The van der Waals surface area contributed by atoms with E-state index in [4.69, 9.17) is 4.74 Å². The zero-order valence-electron chi connectivity index (χ0n) is 15.3. The lowest BCUT2D eigenvalue weighted by Crippen LogP contribution is -2.42. The Balaban J connectivity index is 2.51. The Labute approximate surface area is 145 Å². The van der Waals surface area contributed by atoms with E-state index in [0.29, 0.717) is 32.0 Å². The van der Waals surface area contributed by atoms with Gasteiger partial charge in [0, 0.05) is 33.0 Å². The Kier molecular flexibility index (Phi) is 9.42. The normalized spacial score (nSPS) is 16.3. The van der Waals surface area contributed by atoms with Crippen molar-refractivity contribution in [2.24, 2.45) is 11.8 Å². The molecule has 0 aliphatic heterocycles. The molecular weight excluding hydrogens is 308 g/mol. The second-order valence-electron chi connectivity index (χ2n) is 6.79. The molecule has 1 unspecified atom stereocenters. The van der Waals surface area contributed by atoms with E-state index in [0.717, 1.165) is 6.42 Å². The van der Waals surface area contributed by atoms with Crippen LogP contribution in [0.1, 0.15) is 58.8 Å². The summed E-state index contributed by atoms with van der Waals surface area (Å²) in [7, 11) is 1.35. The molecule has 0 aromatic carbocycles. The molecule has 6 nitrogen and oxygen atoms in total. The molecule has 1 rings (SSSR count). The van der Waals surface area contributed by atoms with Crippen molar-refractivity contribution < 1.29 is 19.1 Å². The summed E-state index contributed by atoms with van der Waals surface area (Å²) < 4.78 is 4.74. The number of nitrogens with one attached hydrogen (secondary N) is 1. The van der Waals surface area contributed by atoms with Gasteiger partial charge in [0.1, 0.15) is 0 Å². The van der Waals surface area contributed by atoms with E-state index >= 15 is 0 Å². The van der Waals surface area contributed by atoms with Crippen LogP contribution in [0.15, 0.2) is 0 Å². The van der Waals surface area contributed by atoms with Gasteiger partial charge in [-0.15, -0.1) is 0 Å². The smallest absolute Gasteiger partial charge is 0.310 e. The van der Waals surface area contributed by atoms with Crippen LogP contribution in [0, 0.1) is 11.8 Å². The summed E-state index contributed by atoms with van der Waals surface area (Å²) >= 11 is 0. The van der Waals surface area contributed by atoms with Crippen LogP contribution in [-0.4, -0.2) is 49.4 Å². The number of ether oxygens (including phenoxy) is 1. The van der Waals surface area contributed by atoms with Gasteiger partial charge in [0.2, 0.25) is 11.8 Å². The number of methoxy groups -OCH3 is 1. The Morgan fingerprint density at radius 3 is 2.46 bits per heavy atom. The minimum absolute atomic E-state index is 0.0571. The van der Waals surface area contributed by atoms with E-state index in [1.54, 1.807) is 11.8 Å². The second kappa shape index (κ2) is 11.0. The first kappa shape index (κ1) is 20.5. The van der Waals surface area contributed by atoms with Crippen LogP contribution in [0.5, 0.6) is 0 Å². The number of carbonyl (C=O) groups excluding carboxylic acids is 3. The third-order valence-corrected chi connectivity index (χ3v) is 4.70. The lowest BCUT2D eigenvalue weighted by Gasteiger charge is -2.27. The van der Waals surface area contributed by atoms with Gasteiger partial charge in [0.05, 0.1) is 13.0 Å². The first-order chi connectivity index (χ1) is 11.4. The number of nitrogens with zero attached hydrogens (tertiary/aromatic N) is 1. The fraction of sp³-hybridized carbons (Fsp3) is 0.833. The van der Waals surface area contributed by atoms with Crippen molar-refractivity contribution in [2.75, 3.05) is 26.7 Å². The van der Waals surface area contributed by atoms with Crippen molar-refractivity contribution in [2.45, 2.75) is 58.8 Å². The summed E-state index contributed by atoms with van der Waals surface area (Å²) in [5, 5.41) is 2.70. The van der Waals surface area contributed by atoms with Crippen LogP contribution in [-0.2, 0) is 19.1 Å². The zero-order valence-corrected chi connectivity index (χ0v) is 15.3. The zero-order chi connectivity index (χ0) is 17.9. The summed E-state index contributed by atoms with van der Waals surface area (Å²) in [6.07, 6.45) is 7.72. The highest BCUT2D eigenvalue weighted by atomic mass is 16.5. The van der Waals surface area contributed by atoms with Gasteiger partial charge >= 0.3 is 5.97 Å². The second-order valence-corrected chi connectivity index (χ2v) is 6.79. The predicted molar refractivity (Wildman–Crippen MR) is 92.3 cm³/mol. The van der Waals surface area contributed by atoms with E-state index in [1.165, 1.54) is 46.1 Å². The number of amides is 2. The summed E-state index contributed by atoms with van der Waals surface area (Å²) in [5.74, 6) is -0.101. The average molecular weight is 340 g/mol. The van der Waals surface area contributed by atoms with Crippen LogP contribution in [0.2, 0.25) is 0 Å². The molecule has 0 bridgehead atoms. The highest BCUT2D eigenvalue weighted by Gasteiger charge is 2.22. The van der Waals surface area contributed by atoms with E-state index in [9.17, 15) is 14.4 Å². The molecule has 0 saturated heterocycles. The van der Waals surface area contributed by atoms with Crippen molar-refractivity contribution in [3.63, 3.8) is 0 Å². The maximum atomic E-state index is 12.6. The van der Waals surface area contributed by atoms with Gasteiger partial charge < -0.3 is 15.0 Å². The molecule has 0 aromatic rings. The molecule has 0 radical (unpaired) electrons. The number of rotatable bonds is 9. The molecule has 1 aliphatic carbocycles. The number of esters is 1. The van der Waals surface area contributed by atoms with Crippen LogP contribution in [0.25, 0.3) is 0 Å². The molecule has 1 atom stereocenters. The van der Waals surface area contributed by atoms with Gasteiger partial charge in [0.25, 0.3) is 0 Å². The van der Waals surface area contributed by atoms with Gasteiger partial charge in [-0.2, -0.15) is 0 Å². The SMILES string of the molecule is COC(=O)C(C)CN(CCNC(C)=O)C(=O)CCC1CCCCC1. The van der Waals surface area contributed by atoms with Crippen molar-refractivity contribution in [3.05, 3.63) is 0 Å². The molecular formula is C18H32N2O4. The highest BCUT2D eigenvalue weighted by molar-refractivity contribution is 5.78. The van der Waals surface area contributed by atoms with Gasteiger partial charge in [-0.25, -0.2) is 0 Å². The lowest BCUT2D eigenvalue weighted by molar-refractivity contribution is -0.146. The first-order valence-electron chi connectivity index (χ1n) is 9.04. The highest BCUT2D eigenvalue weighted by Crippen LogP contribution is 2.27. The first-order valence-corrected chi connectivity index (χ1v) is 9.04. The quantitative estimate of drug-likeness (QED) is 0.652.